The Kier molecular flexibility index (Phi) is 6.21. The maximum atomic E-state index is 16.8. The fourth-order valence-electron chi connectivity index (χ4n) is 6.46. The Hall–Kier alpha value is -3.20. The third-order valence-electron chi connectivity index (χ3n) is 8.62. The summed E-state index contributed by atoms with van der Waals surface area (Å²) in [6.45, 7) is 5.10. The largest absolute Gasteiger partial charge is 0.508 e. The van der Waals surface area contributed by atoms with Crippen LogP contribution in [0.5, 0.6) is 5.75 Å². The topological polar surface area (TPSA) is 67.8 Å². The number of rotatable bonds is 3. The van der Waals surface area contributed by atoms with Crippen molar-refractivity contribution in [2.45, 2.75) is 31.3 Å². The molecule has 2 atom stereocenters. The van der Waals surface area contributed by atoms with E-state index in [2.05, 4.69) is 27.1 Å². The summed E-state index contributed by atoms with van der Waals surface area (Å²) in [5.41, 5.74) is 1.08. The summed E-state index contributed by atoms with van der Waals surface area (Å²) < 4.78 is 16.8. The van der Waals surface area contributed by atoms with Gasteiger partial charge in [-0.1, -0.05) is 35.9 Å². The van der Waals surface area contributed by atoms with Crippen LogP contribution in [0.25, 0.3) is 32.8 Å². The Bertz CT molecular complexity index is 1570. The molecule has 2 N–H and O–H groups in total. The van der Waals surface area contributed by atoms with E-state index in [0.29, 0.717) is 29.0 Å². The molecule has 3 aromatic carbocycles. The van der Waals surface area contributed by atoms with E-state index in [1.165, 1.54) is 0 Å². The van der Waals surface area contributed by atoms with Crippen LogP contribution in [0.4, 0.5) is 16.2 Å². The minimum Gasteiger partial charge on any atom is -0.508 e. The number of aromatic hydroxyl groups is 1. The quantitative estimate of drug-likeness (QED) is 0.373. The first-order chi connectivity index (χ1) is 19.0. The zero-order valence-corrected chi connectivity index (χ0v) is 22.8. The second-order valence-corrected chi connectivity index (χ2v) is 11.5. The zero-order chi connectivity index (χ0) is 26.7. The summed E-state index contributed by atoms with van der Waals surface area (Å²) in [5.74, 6) is 0.909. The van der Waals surface area contributed by atoms with E-state index in [4.69, 9.17) is 21.6 Å². The highest BCUT2D eigenvalue weighted by Gasteiger charge is 2.34. The van der Waals surface area contributed by atoms with Crippen molar-refractivity contribution in [1.82, 2.24) is 20.2 Å². The average Bonchev–Trinajstić information content (AvgIpc) is 3.29. The lowest BCUT2D eigenvalue weighted by Crippen LogP contribution is -2.55. The van der Waals surface area contributed by atoms with Gasteiger partial charge in [0.1, 0.15) is 17.1 Å². The van der Waals surface area contributed by atoms with E-state index in [1.54, 1.807) is 12.1 Å². The van der Waals surface area contributed by atoms with E-state index in [1.807, 2.05) is 30.3 Å². The standard InChI is InChI=1S/C30H32ClFN6O/c1-36-9-11-37(12-10-36)30-34-28-24(29(35-30)38-17-19-6-4-7-20(38)16-33-19)15-25(31)26(27(28)32)23-14-21(39)13-18-5-2-3-8-22(18)23/h2-3,5,8,13-15,19-20,33,39H,4,6-7,9-12,16-17H2,1H3. The second-order valence-electron chi connectivity index (χ2n) is 11.1. The number of phenols is 1. The van der Waals surface area contributed by atoms with Crippen molar-refractivity contribution in [1.29, 1.82) is 0 Å². The molecule has 4 aliphatic rings. The van der Waals surface area contributed by atoms with E-state index in [9.17, 15) is 5.11 Å². The van der Waals surface area contributed by atoms with Crippen molar-refractivity contribution in [2.24, 2.45) is 0 Å². The second kappa shape index (κ2) is 9.77. The molecule has 4 aliphatic heterocycles. The molecule has 2 unspecified atom stereocenters. The molecule has 8 rings (SSSR count). The van der Waals surface area contributed by atoms with Crippen LogP contribution in [0.3, 0.4) is 0 Å². The molecular formula is C30H32ClFN6O. The van der Waals surface area contributed by atoms with Gasteiger partial charge in [0.05, 0.1) is 5.02 Å². The van der Waals surface area contributed by atoms with Crippen molar-refractivity contribution in [3.63, 3.8) is 0 Å². The van der Waals surface area contributed by atoms with Crippen LogP contribution in [-0.4, -0.2) is 78.4 Å². The number of nitrogens with one attached hydrogen (secondary N) is 1. The SMILES string of the molecule is CN1CCN(c2nc(N3CC4CCCC3CN4)c3cc(Cl)c(-c4cc(O)cc5ccccc45)c(F)c3n2)CC1. The van der Waals surface area contributed by atoms with Gasteiger partial charge < -0.3 is 25.1 Å². The van der Waals surface area contributed by atoms with Crippen LogP contribution in [0.1, 0.15) is 19.3 Å². The fraction of sp³-hybridized carbons (Fsp3) is 0.400. The number of aromatic nitrogens is 2. The minimum absolute atomic E-state index is 0.0638. The van der Waals surface area contributed by atoms with Gasteiger partial charge in [-0.15, -0.1) is 0 Å². The molecule has 4 saturated heterocycles. The summed E-state index contributed by atoms with van der Waals surface area (Å²) in [6, 6.07) is 13.4. The first kappa shape index (κ1) is 24.8. The maximum Gasteiger partial charge on any atom is 0.228 e. The molecule has 39 heavy (non-hydrogen) atoms. The number of halogens is 2. The number of likely N-dealkylation sites (N-methyl/N-ethyl adjacent to an activating group) is 1. The van der Waals surface area contributed by atoms with Crippen LogP contribution in [-0.2, 0) is 0 Å². The molecule has 0 aliphatic carbocycles. The number of benzene rings is 3. The van der Waals surface area contributed by atoms with E-state index < -0.39 is 5.82 Å². The number of fused-ring (bicyclic) bond motifs is 6. The summed E-state index contributed by atoms with van der Waals surface area (Å²) in [4.78, 5) is 16.8. The van der Waals surface area contributed by atoms with Gasteiger partial charge in [-0.2, -0.15) is 4.98 Å². The highest BCUT2D eigenvalue weighted by molar-refractivity contribution is 6.35. The van der Waals surface area contributed by atoms with Crippen molar-refractivity contribution in [2.75, 3.05) is 56.1 Å². The molecule has 9 heteroatoms. The Labute approximate surface area is 232 Å². The lowest BCUT2D eigenvalue weighted by atomic mass is 9.96. The van der Waals surface area contributed by atoms with Crippen LogP contribution < -0.4 is 15.1 Å². The Morgan fingerprint density at radius 1 is 1.03 bits per heavy atom. The number of piperazine rings is 2. The molecule has 202 valence electrons. The van der Waals surface area contributed by atoms with Crippen molar-refractivity contribution in [3.05, 3.63) is 53.3 Å². The van der Waals surface area contributed by atoms with Crippen molar-refractivity contribution < 1.29 is 9.50 Å². The normalized spacial score (nSPS) is 22.1. The molecule has 5 heterocycles. The molecule has 0 radical (unpaired) electrons. The third kappa shape index (κ3) is 4.35. The van der Waals surface area contributed by atoms with Crippen molar-refractivity contribution >= 4 is 45.0 Å². The van der Waals surface area contributed by atoms with Crippen LogP contribution in [0.15, 0.2) is 42.5 Å². The minimum atomic E-state index is -0.481. The third-order valence-corrected chi connectivity index (χ3v) is 8.91. The molecule has 0 amide bonds. The molecule has 1 aromatic heterocycles. The predicted molar refractivity (Wildman–Crippen MR) is 156 cm³/mol. The molecular weight excluding hydrogens is 515 g/mol. The zero-order valence-electron chi connectivity index (χ0n) is 22.0. The Morgan fingerprint density at radius 3 is 2.69 bits per heavy atom. The molecule has 7 nitrogen and oxygen atoms in total. The van der Waals surface area contributed by atoms with Gasteiger partial charge in [0, 0.05) is 62.3 Å². The smallest absolute Gasteiger partial charge is 0.228 e. The van der Waals surface area contributed by atoms with Gasteiger partial charge in [-0.3, -0.25) is 0 Å². The van der Waals surface area contributed by atoms with E-state index in [0.717, 1.165) is 75.1 Å². The Morgan fingerprint density at radius 2 is 1.85 bits per heavy atom. The van der Waals surface area contributed by atoms with E-state index >= 15 is 4.39 Å². The van der Waals surface area contributed by atoms with Gasteiger partial charge >= 0.3 is 0 Å². The number of hydrogen-bond donors (Lipinski definition) is 2. The van der Waals surface area contributed by atoms with Gasteiger partial charge in [0.15, 0.2) is 5.82 Å². The lowest BCUT2D eigenvalue weighted by Gasteiger charge is -2.39. The van der Waals surface area contributed by atoms with Crippen molar-refractivity contribution in [3.8, 4) is 16.9 Å². The molecule has 0 saturated carbocycles. The fourth-order valence-corrected chi connectivity index (χ4v) is 6.75. The summed E-state index contributed by atoms with van der Waals surface area (Å²) >= 11 is 6.90. The van der Waals surface area contributed by atoms with Crippen LogP contribution >= 0.6 is 11.6 Å². The first-order valence-electron chi connectivity index (χ1n) is 13.8. The maximum absolute atomic E-state index is 16.8. The summed E-state index contributed by atoms with van der Waals surface area (Å²) in [7, 11) is 2.11. The lowest BCUT2D eigenvalue weighted by molar-refractivity contribution is 0.311. The van der Waals surface area contributed by atoms with Gasteiger partial charge in [0.25, 0.3) is 0 Å². The number of hydrogen-bond acceptors (Lipinski definition) is 7. The number of phenolic OH excluding ortho intramolecular Hbond substituents is 1. The highest BCUT2D eigenvalue weighted by atomic mass is 35.5. The number of anilines is 2. The molecule has 0 spiro atoms. The van der Waals surface area contributed by atoms with E-state index in [-0.39, 0.29) is 21.9 Å². The highest BCUT2D eigenvalue weighted by Crippen LogP contribution is 2.43. The van der Waals surface area contributed by atoms with Gasteiger partial charge in [-0.25, -0.2) is 9.37 Å². The first-order valence-corrected chi connectivity index (χ1v) is 14.2. The molecule has 4 fully saturated rings. The van der Waals surface area contributed by atoms with Crippen LogP contribution in [0, 0.1) is 5.82 Å². The molecule has 2 bridgehead atoms. The summed E-state index contributed by atoms with van der Waals surface area (Å²) in [5, 5.41) is 16.7. The molecule has 4 aromatic rings. The monoisotopic (exact) mass is 546 g/mol. The van der Waals surface area contributed by atoms with Crippen LogP contribution in [0.2, 0.25) is 5.02 Å². The predicted octanol–water partition coefficient (Wildman–Crippen LogP) is 5.03. The average molecular weight is 547 g/mol. The van der Waals surface area contributed by atoms with Gasteiger partial charge in [-0.05, 0) is 60.8 Å². The summed E-state index contributed by atoms with van der Waals surface area (Å²) in [6.07, 6.45) is 3.37. The van der Waals surface area contributed by atoms with Gasteiger partial charge in [0.2, 0.25) is 5.95 Å². The number of nitrogens with zero attached hydrogens (tertiary/aromatic N) is 5. The Balaban J connectivity index is 1.46.